The lowest BCUT2D eigenvalue weighted by molar-refractivity contribution is -0.146. The molecule has 5 rings (SSSR count). The molecular weight excluding hydrogens is 464 g/mol. The number of aromatic nitrogens is 5. The summed E-state index contributed by atoms with van der Waals surface area (Å²) in [5.41, 5.74) is 1.07. The molecule has 3 aliphatic rings. The van der Waals surface area contributed by atoms with E-state index >= 15 is 0 Å². The number of carbonyl (C=O) groups excluding carboxylic acids is 1. The van der Waals surface area contributed by atoms with Crippen LogP contribution in [0.25, 0.3) is 0 Å². The number of methoxy groups -OCH3 is 1. The fourth-order valence-electron chi connectivity index (χ4n) is 4.66. The number of alkyl halides is 2. The molecule has 13 heteroatoms. The molecule has 2 saturated carbocycles. The third-order valence-electron chi connectivity index (χ3n) is 6.60. The van der Waals surface area contributed by atoms with E-state index in [4.69, 9.17) is 14.2 Å². The van der Waals surface area contributed by atoms with Crippen LogP contribution < -0.4 is 10.2 Å². The first kappa shape index (κ1) is 23.8. The van der Waals surface area contributed by atoms with Crippen LogP contribution in [0.1, 0.15) is 49.0 Å². The van der Waals surface area contributed by atoms with Crippen LogP contribution in [-0.4, -0.2) is 83.7 Å². The van der Waals surface area contributed by atoms with E-state index in [9.17, 15) is 13.6 Å². The highest BCUT2D eigenvalue weighted by Crippen LogP contribution is 2.42. The lowest BCUT2D eigenvalue weighted by atomic mass is 9.95. The lowest BCUT2D eigenvalue weighted by Gasteiger charge is -2.27. The summed E-state index contributed by atoms with van der Waals surface area (Å²) in [6, 6.07) is 1.94. The maximum atomic E-state index is 12.7. The van der Waals surface area contributed by atoms with Crippen molar-refractivity contribution >= 4 is 23.7 Å². The molecule has 3 fully saturated rings. The molecule has 1 aliphatic heterocycles. The molecule has 0 radical (unpaired) electrons. The number of H-pyrrole nitrogens is 1. The fraction of sp³-hybridized carbons (Fsp3) is 0.682. The van der Waals surface area contributed by atoms with Gasteiger partial charge < -0.3 is 24.4 Å². The number of ether oxygens (including phenoxy) is 3. The molecule has 2 N–H and O–H groups in total. The Kier molecular flexibility index (Phi) is 7.04. The zero-order valence-electron chi connectivity index (χ0n) is 19.5. The van der Waals surface area contributed by atoms with Crippen molar-refractivity contribution in [3.8, 4) is 0 Å². The first-order valence-corrected chi connectivity index (χ1v) is 11.9. The summed E-state index contributed by atoms with van der Waals surface area (Å²) in [6.07, 6.45) is -0.234. The van der Waals surface area contributed by atoms with E-state index in [0.717, 1.165) is 18.5 Å². The van der Waals surface area contributed by atoms with Gasteiger partial charge in [0.1, 0.15) is 12.4 Å². The monoisotopic (exact) mass is 493 g/mol. The third-order valence-corrected chi connectivity index (χ3v) is 6.60. The number of rotatable bonds is 9. The second kappa shape index (κ2) is 10.4. The van der Waals surface area contributed by atoms with Gasteiger partial charge in [-0.1, -0.05) is 0 Å². The first-order chi connectivity index (χ1) is 17.0. The molecule has 1 unspecified atom stereocenters. The van der Waals surface area contributed by atoms with Gasteiger partial charge in [-0.2, -0.15) is 20.1 Å². The molecule has 3 heterocycles. The van der Waals surface area contributed by atoms with Crippen molar-refractivity contribution < 1.29 is 27.8 Å². The Labute approximate surface area is 201 Å². The summed E-state index contributed by atoms with van der Waals surface area (Å²) in [7, 11) is 1.31. The highest BCUT2D eigenvalue weighted by molar-refractivity contribution is 5.74. The number of esters is 1. The van der Waals surface area contributed by atoms with E-state index in [0.29, 0.717) is 62.2 Å². The molecule has 0 amide bonds. The van der Waals surface area contributed by atoms with Gasteiger partial charge in [0.05, 0.1) is 32.3 Å². The van der Waals surface area contributed by atoms with E-state index in [1.54, 1.807) is 0 Å². The molecule has 11 nitrogen and oxygen atoms in total. The molecule has 0 aromatic carbocycles. The van der Waals surface area contributed by atoms with Crippen molar-refractivity contribution in [1.82, 2.24) is 25.1 Å². The molecule has 190 valence electrons. The minimum atomic E-state index is -2.58. The average Bonchev–Trinajstić information content (AvgIpc) is 3.46. The second-order valence-electron chi connectivity index (χ2n) is 9.08. The summed E-state index contributed by atoms with van der Waals surface area (Å²) < 4.78 is 41.2. The highest BCUT2D eigenvalue weighted by Gasteiger charge is 2.43. The minimum absolute atomic E-state index is 0.259. The summed E-state index contributed by atoms with van der Waals surface area (Å²) in [5.74, 6) is 0.733. The largest absolute Gasteiger partial charge is 0.469 e. The van der Waals surface area contributed by atoms with Gasteiger partial charge in [-0.05, 0) is 25.7 Å². The highest BCUT2D eigenvalue weighted by atomic mass is 19.3. The predicted octanol–water partition coefficient (Wildman–Crippen LogP) is 2.37. The van der Waals surface area contributed by atoms with E-state index < -0.39 is 36.9 Å². The molecular formula is C22H29F2N7O4. The third kappa shape index (κ3) is 5.67. The van der Waals surface area contributed by atoms with E-state index in [-0.39, 0.29) is 6.42 Å². The Hall–Kier alpha value is -2.93. The SMILES string of the molecule is COC(=O)[C@@H]1C[C@H](OCC(F)F)CC1c1nc(Nc2cc(C3CC3)[nH]n2)nc(N2CCOCC2)n1. The number of hydrogen-bond donors (Lipinski definition) is 2. The van der Waals surface area contributed by atoms with Gasteiger partial charge >= 0.3 is 5.97 Å². The van der Waals surface area contributed by atoms with Crippen LogP contribution in [0.5, 0.6) is 0 Å². The van der Waals surface area contributed by atoms with Crippen molar-refractivity contribution in [3.63, 3.8) is 0 Å². The van der Waals surface area contributed by atoms with Crippen molar-refractivity contribution in [3.05, 3.63) is 17.6 Å². The smallest absolute Gasteiger partial charge is 0.309 e. The maximum absolute atomic E-state index is 12.7. The minimum Gasteiger partial charge on any atom is -0.469 e. The number of nitrogens with one attached hydrogen (secondary N) is 2. The number of carbonyl (C=O) groups is 1. The fourth-order valence-corrected chi connectivity index (χ4v) is 4.66. The van der Waals surface area contributed by atoms with E-state index in [1.165, 1.54) is 7.11 Å². The van der Waals surface area contributed by atoms with Gasteiger partial charge in [-0.15, -0.1) is 0 Å². The number of hydrogen-bond acceptors (Lipinski definition) is 10. The molecule has 3 atom stereocenters. The predicted molar refractivity (Wildman–Crippen MR) is 120 cm³/mol. The van der Waals surface area contributed by atoms with Crippen molar-refractivity contribution in [1.29, 1.82) is 0 Å². The van der Waals surface area contributed by atoms with Gasteiger partial charge in [0, 0.05) is 36.7 Å². The topological polar surface area (TPSA) is 127 Å². The Bertz CT molecular complexity index is 1030. The van der Waals surface area contributed by atoms with Crippen LogP contribution in [0.2, 0.25) is 0 Å². The van der Waals surface area contributed by atoms with E-state index in [1.807, 2.05) is 11.0 Å². The summed E-state index contributed by atoms with van der Waals surface area (Å²) in [4.78, 5) is 28.5. The zero-order chi connectivity index (χ0) is 24.4. The summed E-state index contributed by atoms with van der Waals surface area (Å²) >= 11 is 0. The van der Waals surface area contributed by atoms with Gasteiger partial charge in [-0.3, -0.25) is 9.89 Å². The maximum Gasteiger partial charge on any atom is 0.309 e. The number of anilines is 3. The number of nitrogens with zero attached hydrogens (tertiary/aromatic N) is 5. The van der Waals surface area contributed by atoms with Crippen LogP contribution in [0.15, 0.2) is 6.07 Å². The Balaban J connectivity index is 1.44. The normalized spacial score (nSPS) is 24.7. The standard InChI is InChI=1S/C22H29F2N7O4/c1-33-20(32)15-9-13(35-11-17(23)24)8-14(15)19-26-21(25-18-10-16(29-30-18)12-2-3-12)28-22(27-19)31-4-6-34-7-5-31/h10,12-15,17H,2-9,11H2,1H3,(H2,25,26,27,28,29,30)/t13-,14?,15-/m1/s1. The Morgan fingerprint density at radius 3 is 2.77 bits per heavy atom. The number of halogens is 2. The molecule has 35 heavy (non-hydrogen) atoms. The van der Waals surface area contributed by atoms with E-state index in [2.05, 4.69) is 30.5 Å². The van der Waals surface area contributed by atoms with Crippen LogP contribution in [0, 0.1) is 5.92 Å². The van der Waals surface area contributed by atoms with Crippen LogP contribution in [0.4, 0.5) is 26.5 Å². The summed E-state index contributed by atoms with van der Waals surface area (Å²) in [6.45, 7) is 1.64. The van der Waals surface area contributed by atoms with Crippen LogP contribution in [0.3, 0.4) is 0 Å². The molecule has 0 bridgehead atoms. The van der Waals surface area contributed by atoms with Crippen LogP contribution >= 0.6 is 0 Å². The first-order valence-electron chi connectivity index (χ1n) is 11.9. The molecule has 0 spiro atoms. The number of aromatic amines is 1. The zero-order valence-corrected chi connectivity index (χ0v) is 19.5. The molecule has 2 aromatic heterocycles. The van der Waals surface area contributed by atoms with Crippen molar-refractivity contribution in [2.75, 3.05) is 50.2 Å². The molecule has 2 aromatic rings. The molecule has 2 aliphatic carbocycles. The van der Waals surface area contributed by atoms with Gasteiger partial charge in [-0.25, -0.2) is 8.78 Å². The second-order valence-corrected chi connectivity index (χ2v) is 9.08. The Morgan fingerprint density at radius 2 is 2.06 bits per heavy atom. The lowest BCUT2D eigenvalue weighted by Crippen LogP contribution is -2.38. The number of morpholine rings is 1. The van der Waals surface area contributed by atoms with Crippen molar-refractivity contribution in [2.24, 2.45) is 5.92 Å². The Morgan fingerprint density at radius 1 is 1.26 bits per heavy atom. The quantitative estimate of drug-likeness (QED) is 0.503. The molecule has 1 saturated heterocycles. The summed E-state index contributed by atoms with van der Waals surface area (Å²) in [5, 5.41) is 10.5. The van der Waals surface area contributed by atoms with Crippen LogP contribution in [-0.2, 0) is 19.0 Å². The van der Waals surface area contributed by atoms with Crippen molar-refractivity contribution in [2.45, 2.75) is 50.0 Å². The average molecular weight is 494 g/mol. The van der Waals surface area contributed by atoms with Gasteiger partial charge in [0.15, 0.2) is 5.82 Å². The van der Waals surface area contributed by atoms with Gasteiger partial charge in [0.25, 0.3) is 6.43 Å². The van der Waals surface area contributed by atoms with Gasteiger partial charge in [0.2, 0.25) is 11.9 Å².